The van der Waals surface area contributed by atoms with Gasteiger partial charge in [0.25, 0.3) is 0 Å². The number of carbonyl (C=O) groups is 1. The molecule has 0 aromatic carbocycles. The third-order valence-electron chi connectivity index (χ3n) is 4.68. The maximum absolute atomic E-state index is 12.1. The molecule has 3 atom stereocenters. The van der Waals surface area contributed by atoms with Gasteiger partial charge in [-0.05, 0) is 45.6 Å². The molecule has 2 rings (SSSR count). The summed E-state index contributed by atoms with van der Waals surface area (Å²) in [6.45, 7) is 5.82. The van der Waals surface area contributed by atoms with Gasteiger partial charge in [0.1, 0.15) is 5.78 Å². The van der Waals surface area contributed by atoms with Crippen molar-refractivity contribution in [3.8, 4) is 0 Å². The van der Waals surface area contributed by atoms with E-state index in [1.807, 2.05) is 0 Å². The molecule has 0 radical (unpaired) electrons. The van der Waals surface area contributed by atoms with E-state index in [0.717, 1.165) is 19.3 Å². The van der Waals surface area contributed by atoms with Crippen LogP contribution in [0.25, 0.3) is 0 Å². The number of hydrogen-bond acceptors (Lipinski definition) is 2. The third-order valence-corrected chi connectivity index (χ3v) is 4.68. The van der Waals surface area contributed by atoms with E-state index < -0.39 is 0 Å². The van der Waals surface area contributed by atoms with Gasteiger partial charge in [-0.15, -0.1) is 0 Å². The molecule has 0 spiro atoms. The normalized spacial score (nSPS) is 32.9. The Morgan fingerprint density at radius 2 is 2.12 bits per heavy atom. The maximum Gasteiger partial charge on any atom is 0.137 e. The van der Waals surface area contributed by atoms with Gasteiger partial charge in [-0.2, -0.15) is 0 Å². The first-order chi connectivity index (χ1) is 8.24. The molecule has 2 heteroatoms. The number of likely N-dealkylation sites (tertiary alicyclic amines) is 1. The van der Waals surface area contributed by atoms with Crippen molar-refractivity contribution in [3.05, 3.63) is 0 Å². The average molecular weight is 237 g/mol. The number of Topliss-reactive ketones (excluding diaryl/α,β-unsaturated/α-hetero) is 1. The molecule has 1 saturated carbocycles. The Balaban J connectivity index is 2.00. The second-order valence-corrected chi connectivity index (χ2v) is 5.90. The van der Waals surface area contributed by atoms with Gasteiger partial charge in [0.05, 0.1) is 0 Å². The molecule has 2 fully saturated rings. The number of rotatable bonds is 4. The van der Waals surface area contributed by atoms with Gasteiger partial charge in [0.15, 0.2) is 0 Å². The van der Waals surface area contributed by atoms with E-state index in [0.29, 0.717) is 23.8 Å². The van der Waals surface area contributed by atoms with Crippen molar-refractivity contribution < 1.29 is 4.79 Å². The quantitative estimate of drug-likeness (QED) is 0.747. The van der Waals surface area contributed by atoms with E-state index in [1.54, 1.807) is 0 Å². The summed E-state index contributed by atoms with van der Waals surface area (Å²) in [5.41, 5.74) is 0. The van der Waals surface area contributed by atoms with E-state index in [9.17, 15) is 4.79 Å². The molecule has 1 aliphatic heterocycles. The predicted octanol–water partition coefficient (Wildman–Crippen LogP) is 3.40. The van der Waals surface area contributed by atoms with E-state index in [4.69, 9.17) is 0 Å². The Morgan fingerprint density at radius 1 is 1.29 bits per heavy atom. The van der Waals surface area contributed by atoms with Crippen LogP contribution < -0.4 is 0 Å². The summed E-state index contributed by atoms with van der Waals surface area (Å²) in [7, 11) is 0. The highest BCUT2D eigenvalue weighted by Crippen LogP contribution is 2.34. The topological polar surface area (TPSA) is 20.3 Å². The summed E-state index contributed by atoms with van der Waals surface area (Å²) in [6.07, 6.45) is 9.47. The molecule has 1 aliphatic carbocycles. The molecule has 0 bridgehead atoms. The molecule has 3 unspecified atom stereocenters. The van der Waals surface area contributed by atoms with Crippen molar-refractivity contribution in [1.29, 1.82) is 0 Å². The van der Waals surface area contributed by atoms with Crippen molar-refractivity contribution in [2.45, 2.75) is 77.3 Å². The molecule has 0 N–H and O–H groups in total. The minimum atomic E-state index is 0.366. The molecule has 0 aromatic rings. The molecule has 2 aliphatic rings. The first-order valence-corrected chi connectivity index (χ1v) is 7.52. The lowest BCUT2D eigenvalue weighted by Crippen LogP contribution is -2.44. The SMILES string of the molecule is CCCC(C)N1CCCC1C1CCCCC1=O. The van der Waals surface area contributed by atoms with Gasteiger partial charge in [-0.3, -0.25) is 9.69 Å². The number of nitrogens with zero attached hydrogens (tertiary/aromatic N) is 1. The van der Waals surface area contributed by atoms with Crippen LogP contribution in [-0.4, -0.2) is 29.3 Å². The van der Waals surface area contributed by atoms with E-state index in [1.165, 1.54) is 38.6 Å². The molecule has 1 heterocycles. The summed E-state index contributed by atoms with van der Waals surface area (Å²) in [6, 6.07) is 1.24. The number of hydrogen-bond donors (Lipinski definition) is 0. The number of ketones is 1. The Morgan fingerprint density at radius 3 is 2.82 bits per heavy atom. The van der Waals surface area contributed by atoms with Crippen molar-refractivity contribution in [2.75, 3.05) is 6.54 Å². The largest absolute Gasteiger partial charge is 0.299 e. The standard InChI is InChI=1S/C15H27NO/c1-3-7-12(2)16-11-6-9-14(16)13-8-4-5-10-15(13)17/h12-14H,3-11H2,1-2H3. The summed E-state index contributed by atoms with van der Waals surface area (Å²) in [5.74, 6) is 0.919. The molecule has 1 saturated heterocycles. The second kappa shape index (κ2) is 5.99. The minimum Gasteiger partial charge on any atom is -0.299 e. The Bertz CT molecular complexity index is 264. The molecule has 17 heavy (non-hydrogen) atoms. The second-order valence-electron chi connectivity index (χ2n) is 5.90. The first kappa shape index (κ1) is 13.1. The van der Waals surface area contributed by atoms with E-state index >= 15 is 0 Å². The zero-order chi connectivity index (χ0) is 12.3. The molecule has 0 amide bonds. The molecular weight excluding hydrogens is 210 g/mol. The number of carbonyl (C=O) groups excluding carboxylic acids is 1. The van der Waals surface area contributed by atoms with Gasteiger partial charge < -0.3 is 0 Å². The Labute approximate surface area is 106 Å². The fraction of sp³-hybridized carbons (Fsp3) is 0.933. The smallest absolute Gasteiger partial charge is 0.137 e. The van der Waals surface area contributed by atoms with E-state index in [-0.39, 0.29) is 0 Å². The zero-order valence-electron chi connectivity index (χ0n) is 11.5. The Kier molecular flexibility index (Phi) is 4.61. The highest BCUT2D eigenvalue weighted by molar-refractivity contribution is 5.82. The van der Waals surface area contributed by atoms with Crippen molar-refractivity contribution in [3.63, 3.8) is 0 Å². The van der Waals surface area contributed by atoms with E-state index in [2.05, 4.69) is 18.7 Å². The summed E-state index contributed by atoms with van der Waals surface area (Å²) in [4.78, 5) is 14.7. The highest BCUT2D eigenvalue weighted by atomic mass is 16.1. The lowest BCUT2D eigenvalue weighted by Gasteiger charge is -2.36. The lowest BCUT2D eigenvalue weighted by molar-refractivity contribution is -0.126. The zero-order valence-corrected chi connectivity index (χ0v) is 11.5. The monoisotopic (exact) mass is 237 g/mol. The summed E-state index contributed by atoms with van der Waals surface area (Å²) >= 11 is 0. The molecular formula is C15H27NO. The first-order valence-electron chi connectivity index (χ1n) is 7.52. The lowest BCUT2D eigenvalue weighted by atomic mass is 9.81. The van der Waals surface area contributed by atoms with Gasteiger partial charge in [0, 0.05) is 24.4 Å². The van der Waals surface area contributed by atoms with Crippen molar-refractivity contribution in [2.24, 2.45) is 5.92 Å². The van der Waals surface area contributed by atoms with Crippen LogP contribution in [0.3, 0.4) is 0 Å². The van der Waals surface area contributed by atoms with Crippen LogP contribution in [0.1, 0.15) is 65.2 Å². The summed E-state index contributed by atoms with van der Waals surface area (Å²) in [5, 5.41) is 0. The summed E-state index contributed by atoms with van der Waals surface area (Å²) < 4.78 is 0. The van der Waals surface area contributed by atoms with Gasteiger partial charge in [-0.1, -0.05) is 19.8 Å². The third kappa shape index (κ3) is 2.90. The highest BCUT2D eigenvalue weighted by Gasteiger charge is 2.38. The van der Waals surface area contributed by atoms with Crippen LogP contribution >= 0.6 is 0 Å². The average Bonchev–Trinajstić information content (AvgIpc) is 2.79. The predicted molar refractivity (Wildman–Crippen MR) is 71.1 cm³/mol. The van der Waals surface area contributed by atoms with Crippen molar-refractivity contribution >= 4 is 5.78 Å². The Hall–Kier alpha value is -0.370. The minimum absolute atomic E-state index is 0.366. The van der Waals surface area contributed by atoms with Gasteiger partial charge >= 0.3 is 0 Å². The maximum atomic E-state index is 12.1. The van der Waals surface area contributed by atoms with Gasteiger partial charge in [-0.25, -0.2) is 0 Å². The molecule has 2 nitrogen and oxygen atoms in total. The fourth-order valence-corrected chi connectivity index (χ4v) is 3.79. The molecule has 98 valence electrons. The van der Waals surface area contributed by atoms with Crippen LogP contribution in [-0.2, 0) is 4.79 Å². The van der Waals surface area contributed by atoms with Crippen LogP contribution in [0.2, 0.25) is 0 Å². The van der Waals surface area contributed by atoms with Crippen LogP contribution in [0.5, 0.6) is 0 Å². The molecule has 0 aromatic heterocycles. The fourth-order valence-electron chi connectivity index (χ4n) is 3.79. The van der Waals surface area contributed by atoms with Crippen LogP contribution in [0.15, 0.2) is 0 Å². The van der Waals surface area contributed by atoms with Crippen LogP contribution in [0, 0.1) is 5.92 Å². The van der Waals surface area contributed by atoms with Crippen LogP contribution in [0.4, 0.5) is 0 Å². The van der Waals surface area contributed by atoms with Gasteiger partial charge in [0.2, 0.25) is 0 Å². The van der Waals surface area contributed by atoms with Crippen molar-refractivity contribution in [1.82, 2.24) is 4.90 Å².